The monoisotopic (exact) mass is 126 g/mol. The van der Waals surface area contributed by atoms with Gasteiger partial charge in [-0.3, -0.25) is 0 Å². The Bertz CT molecular complexity index is 129. The van der Waals surface area contributed by atoms with Crippen LogP contribution in [-0.2, 0) is 0 Å². The van der Waals surface area contributed by atoms with E-state index in [-0.39, 0.29) is 5.60 Å². The lowest BCUT2D eigenvalue weighted by atomic mass is 9.55. The molecular formula is C8H14O. The fourth-order valence-electron chi connectivity index (χ4n) is 2.45. The number of hydrogen-bond acceptors (Lipinski definition) is 1. The molecule has 3 unspecified atom stereocenters. The molecule has 0 spiro atoms. The Morgan fingerprint density at radius 2 is 2.33 bits per heavy atom. The summed E-state index contributed by atoms with van der Waals surface area (Å²) >= 11 is 0. The van der Waals surface area contributed by atoms with E-state index in [0.717, 1.165) is 18.8 Å². The molecule has 0 aliphatic heterocycles. The lowest BCUT2D eigenvalue weighted by molar-refractivity contribution is -0.163. The van der Waals surface area contributed by atoms with Crippen LogP contribution in [0.4, 0.5) is 0 Å². The van der Waals surface area contributed by atoms with Gasteiger partial charge in [0.05, 0.1) is 5.60 Å². The lowest BCUT2D eigenvalue weighted by Gasteiger charge is -2.54. The topological polar surface area (TPSA) is 20.2 Å². The van der Waals surface area contributed by atoms with Crippen molar-refractivity contribution >= 4 is 0 Å². The van der Waals surface area contributed by atoms with Gasteiger partial charge in [-0.25, -0.2) is 0 Å². The van der Waals surface area contributed by atoms with Crippen molar-refractivity contribution in [3.8, 4) is 0 Å². The quantitative estimate of drug-likeness (QED) is 0.522. The van der Waals surface area contributed by atoms with Gasteiger partial charge in [-0.15, -0.1) is 0 Å². The highest BCUT2D eigenvalue weighted by Gasteiger charge is 2.51. The molecule has 3 atom stereocenters. The molecule has 1 heteroatoms. The van der Waals surface area contributed by atoms with Crippen LogP contribution in [0, 0.1) is 11.8 Å². The summed E-state index contributed by atoms with van der Waals surface area (Å²) in [7, 11) is 0. The molecule has 52 valence electrons. The van der Waals surface area contributed by atoms with Crippen LogP contribution in [-0.4, -0.2) is 10.7 Å². The van der Waals surface area contributed by atoms with E-state index in [1.165, 1.54) is 12.8 Å². The van der Waals surface area contributed by atoms with Gasteiger partial charge in [0.2, 0.25) is 0 Å². The number of fused-ring (bicyclic) bond motifs is 2. The van der Waals surface area contributed by atoms with Gasteiger partial charge in [0.15, 0.2) is 0 Å². The summed E-state index contributed by atoms with van der Waals surface area (Å²) in [5, 5.41) is 9.71. The maximum Gasteiger partial charge on any atom is 0.0678 e. The summed E-state index contributed by atoms with van der Waals surface area (Å²) in [6, 6.07) is 0. The van der Waals surface area contributed by atoms with Gasteiger partial charge in [0.25, 0.3) is 0 Å². The molecule has 0 heterocycles. The average Bonchev–Trinajstić information content (AvgIpc) is 1.88. The van der Waals surface area contributed by atoms with Crippen molar-refractivity contribution < 1.29 is 5.11 Å². The van der Waals surface area contributed by atoms with Crippen LogP contribution in [0.25, 0.3) is 0 Å². The fourth-order valence-corrected chi connectivity index (χ4v) is 2.45. The molecule has 3 aliphatic carbocycles. The van der Waals surface area contributed by atoms with E-state index >= 15 is 0 Å². The molecule has 0 aromatic rings. The van der Waals surface area contributed by atoms with Crippen LogP contribution in [0.15, 0.2) is 0 Å². The van der Waals surface area contributed by atoms with E-state index in [0.29, 0.717) is 5.92 Å². The molecule has 0 saturated heterocycles. The second-order valence-corrected chi connectivity index (χ2v) is 3.75. The summed E-state index contributed by atoms with van der Waals surface area (Å²) in [5.41, 5.74) is -0.219. The van der Waals surface area contributed by atoms with Gasteiger partial charge >= 0.3 is 0 Å². The number of rotatable bonds is 0. The molecule has 1 N–H and O–H groups in total. The predicted molar refractivity (Wildman–Crippen MR) is 36.1 cm³/mol. The molecule has 0 radical (unpaired) electrons. The van der Waals surface area contributed by atoms with Crippen molar-refractivity contribution in [2.24, 2.45) is 11.8 Å². The molecule has 1 nitrogen and oxygen atoms in total. The van der Waals surface area contributed by atoms with Crippen molar-refractivity contribution in [1.29, 1.82) is 0 Å². The van der Waals surface area contributed by atoms with Crippen LogP contribution >= 0.6 is 0 Å². The second kappa shape index (κ2) is 1.51. The van der Waals surface area contributed by atoms with Crippen LogP contribution in [0.2, 0.25) is 0 Å². The first kappa shape index (κ1) is 5.72. The Morgan fingerprint density at radius 1 is 1.56 bits per heavy atom. The Morgan fingerprint density at radius 3 is 2.67 bits per heavy atom. The van der Waals surface area contributed by atoms with Gasteiger partial charge in [0, 0.05) is 0 Å². The first-order valence-corrected chi connectivity index (χ1v) is 3.95. The zero-order valence-corrected chi connectivity index (χ0v) is 5.93. The van der Waals surface area contributed by atoms with Crippen molar-refractivity contribution in [2.75, 3.05) is 0 Å². The molecule has 9 heavy (non-hydrogen) atoms. The van der Waals surface area contributed by atoms with E-state index in [2.05, 4.69) is 6.92 Å². The minimum Gasteiger partial charge on any atom is -0.390 e. The van der Waals surface area contributed by atoms with Crippen LogP contribution in [0.5, 0.6) is 0 Å². The summed E-state index contributed by atoms with van der Waals surface area (Å²) in [4.78, 5) is 0. The highest BCUT2D eigenvalue weighted by Crippen LogP contribution is 2.53. The van der Waals surface area contributed by atoms with Crippen LogP contribution < -0.4 is 0 Å². The number of hydrogen-bond donors (Lipinski definition) is 1. The highest BCUT2D eigenvalue weighted by molar-refractivity contribution is 5.03. The van der Waals surface area contributed by atoms with Crippen molar-refractivity contribution in [1.82, 2.24) is 0 Å². The van der Waals surface area contributed by atoms with E-state index in [4.69, 9.17) is 0 Å². The van der Waals surface area contributed by atoms with Crippen molar-refractivity contribution in [2.45, 2.75) is 38.2 Å². The first-order valence-electron chi connectivity index (χ1n) is 3.95. The maximum atomic E-state index is 9.71. The van der Waals surface area contributed by atoms with Crippen LogP contribution in [0.3, 0.4) is 0 Å². The van der Waals surface area contributed by atoms with Gasteiger partial charge in [-0.05, 0) is 31.1 Å². The van der Waals surface area contributed by atoms with E-state index < -0.39 is 0 Å². The van der Waals surface area contributed by atoms with Crippen molar-refractivity contribution in [3.63, 3.8) is 0 Å². The third-order valence-electron chi connectivity index (χ3n) is 3.35. The Kier molecular flexibility index (Phi) is 0.963. The predicted octanol–water partition coefficient (Wildman–Crippen LogP) is 1.56. The van der Waals surface area contributed by atoms with Gasteiger partial charge in [-0.2, -0.15) is 0 Å². The summed E-state index contributed by atoms with van der Waals surface area (Å²) in [5.74, 6) is 1.47. The van der Waals surface area contributed by atoms with Crippen molar-refractivity contribution in [3.05, 3.63) is 0 Å². The van der Waals surface area contributed by atoms with Gasteiger partial charge < -0.3 is 5.11 Å². The maximum absolute atomic E-state index is 9.71. The Hall–Kier alpha value is -0.0400. The molecule has 0 aromatic carbocycles. The largest absolute Gasteiger partial charge is 0.390 e. The fraction of sp³-hybridized carbons (Fsp3) is 1.00. The Balaban J connectivity index is 2.13. The van der Waals surface area contributed by atoms with E-state index in [1.807, 2.05) is 0 Å². The molecule has 3 fully saturated rings. The second-order valence-electron chi connectivity index (χ2n) is 3.75. The summed E-state index contributed by atoms with van der Waals surface area (Å²) in [6.45, 7) is 2.19. The number of aliphatic hydroxyl groups is 1. The Labute approximate surface area is 56.1 Å². The molecule has 2 bridgehead atoms. The smallest absolute Gasteiger partial charge is 0.0678 e. The van der Waals surface area contributed by atoms with E-state index in [9.17, 15) is 5.11 Å². The minimum atomic E-state index is -0.219. The summed E-state index contributed by atoms with van der Waals surface area (Å²) < 4.78 is 0. The first-order chi connectivity index (χ1) is 4.22. The molecule has 0 aromatic heterocycles. The molecule has 0 amide bonds. The summed E-state index contributed by atoms with van der Waals surface area (Å²) in [6.07, 6.45) is 4.77. The average molecular weight is 126 g/mol. The third-order valence-corrected chi connectivity index (χ3v) is 3.35. The normalized spacial score (nSPS) is 56.7. The minimum absolute atomic E-state index is 0.219. The van der Waals surface area contributed by atoms with Crippen LogP contribution in [0.1, 0.15) is 32.6 Å². The zero-order chi connectivity index (χ0) is 6.48. The van der Waals surface area contributed by atoms with Gasteiger partial charge in [0.1, 0.15) is 0 Å². The molecule has 3 aliphatic rings. The van der Waals surface area contributed by atoms with Gasteiger partial charge in [-0.1, -0.05) is 13.3 Å². The lowest BCUT2D eigenvalue weighted by Crippen LogP contribution is -2.55. The zero-order valence-electron chi connectivity index (χ0n) is 5.93. The standard InChI is InChI=1S/C8H14O/c1-6-7-3-2-4-8(6,9)5-7/h6-7,9H,2-5H2,1H3. The molecule has 3 saturated carbocycles. The third kappa shape index (κ3) is 0.586. The molecular weight excluding hydrogens is 112 g/mol. The molecule has 3 rings (SSSR count). The highest BCUT2D eigenvalue weighted by atomic mass is 16.3. The SMILES string of the molecule is CC1C2CCCC1(O)C2. The van der Waals surface area contributed by atoms with E-state index in [1.54, 1.807) is 0 Å².